The van der Waals surface area contributed by atoms with Crippen LogP contribution < -0.4 is 4.90 Å². The molecular formula is C19H13NO4S2. The van der Waals surface area contributed by atoms with Gasteiger partial charge in [0.2, 0.25) is 0 Å². The highest BCUT2D eigenvalue weighted by Gasteiger charge is 2.33. The Bertz CT molecular complexity index is 951. The summed E-state index contributed by atoms with van der Waals surface area (Å²) < 4.78 is 0.317. The van der Waals surface area contributed by atoms with E-state index in [0.717, 1.165) is 17.3 Å². The average molecular weight is 383 g/mol. The summed E-state index contributed by atoms with van der Waals surface area (Å²) in [5, 5.41) is 18.8. The lowest BCUT2D eigenvalue weighted by Crippen LogP contribution is -2.27. The number of thiocarbonyl (C=S) groups is 1. The van der Waals surface area contributed by atoms with Crippen molar-refractivity contribution in [1.82, 2.24) is 0 Å². The number of carbonyl (C=O) groups is 2. The lowest BCUT2D eigenvalue weighted by atomic mass is 10.1. The second-order valence-electron chi connectivity index (χ2n) is 5.32. The van der Waals surface area contributed by atoms with Gasteiger partial charge >= 0.3 is 5.97 Å². The number of rotatable bonds is 4. The Hall–Kier alpha value is -2.90. The first-order valence-corrected chi connectivity index (χ1v) is 8.76. The maximum absolute atomic E-state index is 12.6. The van der Waals surface area contributed by atoms with E-state index in [-0.39, 0.29) is 11.5 Å². The minimum atomic E-state index is -1.25. The van der Waals surface area contributed by atoms with Gasteiger partial charge in [-0.15, -0.1) is 0 Å². The normalized spacial score (nSPS) is 16.0. The summed E-state index contributed by atoms with van der Waals surface area (Å²) in [6.45, 7) is 0. The van der Waals surface area contributed by atoms with Crippen molar-refractivity contribution in [3.63, 3.8) is 0 Å². The van der Waals surface area contributed by atoms with Crippen molar-refractivity contribution in [1.29, 1.82) is 0 Å². The van der Waals surface area contributed by atoms with Crippen LogP contribution in [0.5, 0.6) is 5.75 Å². The fourth-order valence-corrected chi connectivity index (χ4v) is 3.61. The zero-order chi connectivity index (χ0) is 18.7. The fourth-order valence-electron chi connectivity index (χ4n) is 2.36. The van der Waals surface area contributed by atoms with E-state index in [9.17, 15) is 14.7 Å². The molecule has 1 aliphatic heterocycles. The molecule has 0 atom stereocenters. The number of amides is 1. The Morgan fingerprint density at radius 1 is 1.15 bits per heavy atom. The predicted octanol–water partition coefficient (Wildman–Crippen LogP) is 4.05. The molecule has 0 aromatic heterocycles. The van der Waals surface area contributed by atoms with Crippen LogP contribution in [0.25, 0.3) is 6.08 Å². The molecule has 1 heterocycles. The van der Waals surface area contributed by atoms with Crippen LogP contribution in [0.3, 0.4) is 0 Å². The Morgan fingerprint density at radius 3 is 2.54 bits per heavy atom. The van der Waals surface area contributed by atoms with E-state index >= 15 is 0 Å². The molecule has 2 N–H and O–H groups in total. The van der Waals surface area contributed by atoms with Crippen molar-refractivity contribution in [2.45, 2.75) is 0 Å². The lowest BCUT2D eigenvalue weighted by Gasteiger charge is -2.15. The minimum absolute atomic E-state index is 0.236. The van der Waals surface area contributed by atoms with E-state index in [0.29, 0.717) is 14.9 Å². The number of hydrogen-bond acceptors (Lipinski definition) is 5. The maximum Gasteiger partial charge on any atom is 0.339 e. The molecule has 0 bridgehead atoms. The summed E-state index contributed by atoms with van der Waals surface area (Å²) in [5.74, 6) is -1.98. The van der Waals surface area contributed by atoms with Crippen LogP contribution in [0.4, 0.5) is 5.69 Å². The van der Waals surface area contributed by atoms with Crippen LogP contribution in [0.2, 0.25) is 0 Å². The molecule has 3 rings (SSSR count). The number of carbonyl (C=O) groups excluding carboxylic acids is 1. The molecular weight excluding hydrogens is 370 g/mol. The highest BCUT2D eigenvalue weighted by atomic mass is 32.2. The largest absolute Gasteiger partial charge is 0.507 e. The molecule has 0 spiro atoms. The number of allylic oxidation sites excluding steroid dienone is 2. The number of hydrogen-bond donors (Lipinski definition) is 2. The number of nitrogens with zero attached hydrogens (tertiary/aromatic N) is 1. The molecule has 0 radical (unpaired) electrons. The summed E-state index contributed by atoms with van der Waals surface area (Å²) in [6.07, 6.45) is 5.32. The molecule has 7 heteroatoms. The second-order valence-corrected chi connectivity index (χ2v) is 6.99. The molecule has 0 unspecified atom stereocenters. The highest BCUT2D eigenvalue weighted by Crippen LogP contribution is 2.36. The van der Waals surface area contributed by atoms with Crippen molar-refractivity contribution < 1.29 is 19.8 Å². The first-order chi connectivity index (χ1) is 12.5. The third kappa shape index (κ3) is 3.68. The summed E-state index contributed by atoms with van der Waals surface area (Å²) in [4.78, 5) is 25.3. The summed E-state index contributed by atoms with van der Waals surface area (Å²) >= 11 is 6.40. The van der Waals surface area contributed by atoms with Gasteiger partial charge in [0, 0.05) is 6.07 Å². The van der Waals surface area contributed by atoms with Gasteiger partial charge in [-0.25, -0.2) is 4.79 Å². The van der Waals surface area contributed by atoms with Crippen LogP contribution in [0, 0.1) is 0 Å². The van der Waals surface area contributed by atoms with E-state index in [1.54, 1.807) is 12.2 Å². The lowest BCUT2D eigenvalue weighted by molar-refractivity contribution is -0.113. The molecule has 0 aliphatic carbocycles. The standard InChI is InChI=1S/C19H13NO4S2/c21-15-11-13(9-10-14(15)18(23)24)20-17(22)16(26-19(20)25)8-4-7-12-5-2-1-3-6-12/h1-11,21H,(H,23,24)/b7-4+,16-8-. The smallest absolute Gasteiger partial charge is 0.339 e. The van der Waals surface area contributed by atoms with Gasteiger partial charge in [0.25, 0.3) is 5.91 Å². The highest BCUT2D eigenvalue weighted by molar-refractivity contribution is 8.27. The molecule has 1 amide bonds. The second kappa shape index (κ2) is 7.55. The van der Waals surface area contributed by atoms with E-state index in [1.807, 2.05) is 36.4 Å². The topological polar surface area (TPSA) is 77.8 Å². The molecule has 1 aliphatic rings. The van der Waals surface area contributed by atoms with Gasteiger partial charge < -0.3 is 10.2 Å². The number of anilines is 1. The van der Waals surface area contributed by atoms with Crippen LogP contribution in [-0.2, 0) is 4.79 Å². The van der Waals surface area contributed by atoms with E-state index in [4.69, 9.17) is 17.3 Å². The fraction of sp³-hybridized carbons (Fsp3) is 0. The molecule has 0 saturated carbocycles. The van der Waals surface area contributed by atoms with Gasteiger partial charge in [0.15, 0.2) is 4.32 Å². The van der Waals surface area contributed by atoms with Crippen LogP contribution in [0.1, 0.15) is 15.9 Å². The van der Waals surface area contributed by atoms with Gasteiger partial charge in [-0.05, 0) is 23.8 Å². The monoisotopic (exact) mass is 383 g/mol. The van der Waals surface area contributed by atoms with Crippen molar-refractivity contribution >= 4 is 51.9 Å². The van der Waals surface area contributed by atoms with E-state index in [2.05, 4.69) is 0 Å². The van der Waals surface area contributed by atoms with Crippen LogP contribution in [-0.4, -0.2) is 26.4 Å². The quantitative estimate of drug-likeness (QED) is 0.613. The van der Waals surface area contributed by atoms with Gasteiger partial charge in [0.1, 0.15) is 11.3 Å². The number of carboxylic acid groups (broad SMARTS) is 1. The molecule has 2 aromatic rings. The maximum atomic E-state index is 12.6. The van der Waals surface area contributed by atoms with Crippen LogP contribution in [0.15, 0.2) is 65.6 Å². The molecule has 5 nitrogen and oxygen atoms in total. The Kier molecular flexibility index (Phi) is 5.20. The summed E-state index contributed by atoms with van der Waals surface area (Å²) in [7, 11) is 0. The Balaban J connectivity index is 1.83. The number of benzene rings is 2. The third-order valence-electron chi connectivity index (χ3n) is 3.60. The average Bonchev–Trinajstić information content (AvgIpc) is 2.89. The minimum Gasteiger partial charge on any atom is -0.507 e. The number of carboxylic acids is 1. The van der Waals surface area contributed by atoms with Crippen LogP contribution >= 0.6 is 24.0 Å². The first kappa shape index (κ1) is 17.9. The molecule has 26 heavy (non-hydrogen) atoms. The summed E-state index contributed by atoms with van der Waals surface area (Å²) in [6, 6.07) is 13.6. The molecule has 2 aromatic carbocycles. The first-order valence-electron chi connectivity index (χ1n) is 7.53. The molecule has 1 saturated heterocycles. The third-order valence-corrected chi connectivity index (χ3v) is 4.92. The Morgan fingerprint density at radius 2 is 1.88 bits per heavy atom. The van der Waals surface area contributed by atoms with Gasteiger partial charge in [0.05, 0.1) is 10.6 Å². The van der Waals surface area contributed by atoms with Gasteiger partial charge in [-0.1, -0.05) is 66.5 Å². The van der Waals surface area contributed by atoms with Crippen molar-refractivity contribution in [2.24, 2.45) is 0 Å². The van der Waals surface area contributed by atoms with Gasteiger partial charge in [-0.2, -0.15) is 0 Å². The number of thioether (sulfide) groups is 1. The van der Waals surface area contributed by atoms with Gasteiger partial charge in [-0.3, -0.25) is 9.69 Å². The van der Waals surface area contributed by atoms with Crippen molar-refractivity contribution in [2.75, 3.05) is 4.90 Å². The van der Waals surface area contributed by atoms with Crippen molar-refractivity contribution in [3.8, 4) is 5.75 Å². The summed E-state index contributed by atoms with van der Waals surface area (Å²) in [5.41, 5.74) is 1.10. The molecule has 130 valence electrons. The van der Waals surface area contributed by atoms with E-state index < -0.39 is 11.7 Å². The van der Waals surface area contributed by atoms with E-state index in [1.165, 1.54) is 23.1 Å². The number of phenols is 1. The number of aromatic hydroxyl groups is 1. The number of aromatic carboxylic acids is 1. The SMILES string of the molecule is O=C(O)c1ccc(N2C(=O)/C(=C/C=C/c3ccccc3)SC2=S)cc1O. The zero-order valence-electron chi connectivity index (χ0n) is 13.3. The Labute approximate surface area is 159 Å². The van der Waals surface area contributed by atoms with Crippen molar-refractivity contribution in [3.05, 3.63) is 76.7 Å². The zero-order valence-corrected chi connectivity index (χ0v) is 15.0. The molecule has 1 fully saturated rings. The predicted molar refractivity (Wildman–Crippen MR) is 106 cm³/mol.